The second-order valence-electron chi connectivity index (χ2n) is 7.12. The number of nitrogens with two attached hydrogens (primary N) is 1. The van der Waals surface area contributed by atoms with Crippen LogP contribution in [-0.4, -0.2) is 6.79 Å². The van der Waals surface area contributed by atoms with Crippen LogP contribution in [0.15, 0.2) is 76.6 Å². The van der Waals surface area contributed by atoms with Gasteiger partial charge in [-0.05, 0) is 29.8 Å². The Labute approximate surface area is 187 Å². The molecule has 2 aliphatic heterocycles. The molecule has 0 aliphatic carbocycles. The van der Waals surface area contributed by atoms with Crippen LogP contribution < -0.4 is 24.7 Å². The predicted octanol–water partition coefficient (Wildman–Crippen LogP) is 4.97. The molecule has 1 atom stereocenters. The Morgan fingerprint density at radius 3 is 2.52 bits per heavy atom. The van der Waals surface area contributed by atoms with Crippen LogP contribution in [0.1, 0.15) is 22.6 Å². The molecule has 6 nitrogen and oxygen atoms in total. The van der Waals surface area contributed by atoms with Crippen molar-refractivity contribution in [1.29, 1.82) is 5.26 Å². The summed E-state index contributed by atoms with van der Waals surface area (Å²) in [4.78, 5) is 0. The quantitative estimate of drug-likeness (QED) is 0.571. The van der Waals surface area contributed by atoms with E-state index < -0.39 is 5.92 Å². The summed E-state index contributed by atoms with van der Waals surface area (Å²) in [6.07, 6.45) is 0. The van der Waals surface area contributed by atoms with Crippen molar-refractivity contribution in [2.75, 3.05) is 6.79 Å². The summed E-state index contributed by atoms with van der Waals surface area (Å²) in [6, 6.07) is 21.4. The zero-order chi connectivity index (χ0) is 21.4. The molecule has 2 aliphatic rings. The topological polar surface area (TPSA) is 86.7 Å². The fourth-order valence-corrected chi connectivity index (χ4v) is 4.02. The van der Waals surface area contributed by atoms with Crippen molar-refractivity contribution in [3.05, 3.63) is 93.3 Å². The summed E-state index contributed by atoms with van der Waals surface area (Å²) in [5.74, 6) is 2.02. The van der Waals surface area contributed by atoms with Crippen molar-refractivity contribution in [1.82, 2.24) is 0 Å². The molecule has 0 unspecified atom stereocenters. The van der Waals surface area contributed by atoms with E-state index in [9.17, 15) is 5.26 Å². The number of halogens is 1. The molecular formula is C24H17BrN2O4. The number of rotatable bonds is 4. The normalized spacial score (nSPS) is 16.3. The van der Waals surface area contributed by atoms with E-state index in [4.69, 9.17) is 24.7 Å². The van der Waals surface area contributed by atoms with Crippen LogP contribution in [0.25, 0.3) is 0 Å². The van der Waals surface area contributed by atoms with Gasteiger partial charge < -0.3 is 24.7 Å². The molecule has 3 aromatic rings. The van der Waals surface area contributed by atoms with Crippen molar-refractivity contribution >= 4 is 15.9 Å². The van der Waals surface area contributed by atoms with Gasteiger partial charge in [0.05, 0.1) is 5.92 Å². The van der Waals surface area contributed by atoms with Gasteiger partial charge in [0.1, 0.15) is 29.7 Å². The Morgan fingerprint density at radius 1 is 1.00 bits per heavy atom. The molecule has 0 amide bonds. The molecule has 31 heavy (non-hydrogen) atoms. The van der Waals surface area contributed by atoms with Crippen LogP contribution in [-0.2, 0) is 6.61 Å². The first-order valence-electron chi connectivity index (χ1n) is 9.61. The number of nitriles is 1. The van der Waals surface area contributed by atoms with Crippen LogP contribution in [0.4, 0.5) is 0 Å². The smallest absolute Gasteiger partial charge is 0.231 e. The number of ether oxygens (including phenoxy) is 4. The highest BCUT2D eigenvalue weighted by Gasteiger charge is 2.34. The van der Waals surface area contributed by atoms with E-state index in [1.165, 1.54) is 0 Å². The van der Waals surface area contributed by atoms with Gasteiger partial charge in [-0.15, -0.1) is 0 Å². The van der Waals surface area contributed by atoms with Crippen LogP contribution >= 0.6 is 15.9 Å². The average Bonchev–Trinajstić information content (AvgIpc) is 3.24. The number of nitrogens with zero attached hydrogens (tertiary/aromatic N) is 1. The van der Waals surface area contributed by atoms with Crippen LogP contribution in [0.2, 0.25) is 0 Å². The van der Waals surface area contributed by atoms with E-state index >= 15 is 0 Å². The van der Waals surface area contributed by atoms with Crippen LogP contribution in [0.3, 0.4) is 0 Å². The zero-order valence-electron chi connectivity index (χ0n) is 16.3. The first kappa shape index (κ1) is 19.3. The fourth-order valence-electron chi connectivity index (χ4n) is 3.76. The maximum absolute atomic E-state index is 9.87. The Kier molecular flexibility index (Phi) is 4.92. The average molecular weight is 477 g/mol. The highest BCUT2D eigenvalue weighted by Crippen LogP contribution is 2.49. The lowest BCUT2D eigenvalue weighted by molar-refractivity contribution is 0.174. The van der Waals surface area contributed by atoms with E-state index in [0.29, 0.717) is 35.2 Å². The highest BCUT2D eigenvalue weighted by molar-refractivity contribution is 9.10. The number of benzene rings is 3. The minimum atomic E-state index is -0.454. The molecule has 0 aromatic heterocycles. The van der Waals surface area contributed by atoms with Gasteiger partial charge in [0.25, 0.3) is 0 Å². The van der Waals surface area contributed by atoms with Crippen molar-refractivity contribution in [2.45, 2.75) is 12.5 Å². The summed E-state index contributed by atoms with van der Waals surface area (Å²) in [7, 11) is 0. The minimum Gasteiger partial charge on any atom is -0.489 e. The molecule has 154 valence electrons. The maximum Gasteiger partial charge on any atom is 0.231 e. The molecule has 0 radical (unpaired) electrons. The summed E-state index contributed by atoms with van der Waals surface area (Å²) < 4.78 is 23.9. The number of allylic oxidation sites excluding steroid dienone is 1. The van der Waals surface area contributed by atoms with Gasteiger partial charge in [-0.3, -0.25) is 0 Å². The van der Waals surface area contributed by atoms with Crippen LogP contribution in [0.5, 0.6) is 23.0 Å². The SMILES string of the molecule is N#CC1=C(N)Oc2cc3c(cc2[C@H]1c1ccccc1OCc1ccc(Br)cc1)OCO3. The summed E-state index contributed by atoms with van der Waals surface area (Å²) in [6.45, 7) is 0.534. The molecule has 3 aromatic carbocycles. The number of hydrogen-bond acceptors (Lipinski definition) is 6. The summed E-state index contributed by atoms with van der Waals surface area (Å²) in [5, 5.41) is 9.87. The summed E-state index contributed by atoms with van der Waals surface area (Å²) >= 11 is 3.44. The minimum absolute atomic E-state index is 0.0709. The first-order chi connectivity index (χ1) is 15.1. The van der Waals surface area contributed by atoms with Gasteiger partial charge in [-0.1, -0.05) is 46.3 Å². The molecule has 0 fully saturated rings. The molecule has 7 heteroatoms. The fraction of sp³-hybridized carbons (Fsp3) is 0.125. The molecule has 5 rings (SSSR count). The predicted molar refractivity (Wildman–Crippen MR) is 117 cm³/mol. The van der Waals surface area contributed by atoms with Gasteiger partial charge in [0.15, 0.2) is 11.5 Å². The molecule has 2 heterocycles. The monoisotopic (exact) mass is 476 g/mol. The Morgan fingerprint density at radius 2 is 1.74 bits per heavy atom. The van der Waals surface area contributed by atoms with Gasteiger partial charge in [0, 0.05) is 21.7 Å². The lowest BCUT2D eigenvalue weighted by Gasteiger charge is -2.28. The molecular weight excluding hydrogens is 460 g/mol. The van der Waals surface area contributed by atoms with Gasteiger partial charge in [0.2, 0.25) is 12.7 Å². The number of para-hydroxylation sites is 1. The van der Waals surface area contributed by atoms with E-state index in [1.807, 2.05) is 54.6 Å². The Hall–Kier alpha value is -3.63. The van der Waals surface area contributed by atoms with Crippen molar-refractivity contribution in [2.24, 2.45) is 5.73 Å². The van der Waals surface area contributed by atoms with Crippen molar-refractivity contribution < 1.29 is 18.9 Å². The highest BCUT2D eigenvalue weighted by atomic mass is 79.9. The number of hydrogen-bond donors (Lipinski definition) is 1. The first-order valence-corrected chi connectivity index (χ1v) is 10.4. The van der Waals surface area contributed by atoms with Crippen molar-refractivity contribution in [3.8, 4) is 29.1 Å². The third-order valence-electron chi connectivity index (χ3n) is 5.25. The largest absolute Gasteiger partial charge is 0.489 e. The molecule has 2 N–H and O–H groups in total. The van der Waals surface area contributed by atoms with E-state index in [1.54, 1.807) is 6.07 Å². The zero-order valence-corrected chi connectivity index (χ0v) is 17.9. The van der Waals surface area contributed by atoms with Crippen LogP contribution in [0, 0.1) is 11.3 Å². The lowest BCUT2D eigenvalue weighted by Crippen LogP contribution is -2.21. The van der Waals surface area contributed by atoms with Crippen molar-refractivity contribution in [3.63, 3.8) is 0 Å². The Bertz CT molecular complexity index is 1230. The molecule has 0 spiro atoms. The summed E-state index contributed by atoms with van der Waals surface area (Å²) in [5.41, 5.74) is 9.08. The molecule has 0 saturated carbocycles. The second kappa shape index (κ2) is 7.89. The maximum atomic E-state index is 9.87. The van der Waals surface area contributed by atoms with E-state index in [2.05, 4.69) is 22.0 Å². The van der Waals surface area contributed by atoms with Gasteiger partial charge >= 0.3 is 0 Å². The Balaban J connectivity index is 1.56. The number of fused-ring (bicyclic) bond motifs is 2. The van der Waals surface area contributed by atoms with E-state index in [-0.39, 0.29) is 12.7 Å². The van der Waals surface area contributed by atoms with Gasteiger partial charge in [-0.2, -0.15) is 5.26 Å². The third kappa shape index (κ3) is 3.56. The molecule has 0 saturated heterocycles. The standard InChI is InChI=1S/C24H17BrN2O4/c25-15-7-5-14(6-8-15)12-28-19-4-2-1-3-16(19)23-17-9-21-22(30-13-29-21)10-20(17)31-24(27)18(23)11-26/h1-10,23H,12-13,27H2/t23-/m1/s1. The second-order valence-corrected chi connectivity index (χ2v) is 8.04. The van der Waals surface area contributed by atoms with E-state index in [0.717, 1.165) is 21.2 Å². The van der Waals surface area contributed by atoms with Gasteiger partial charge in [-0.25, -0.2) is 0 Å². The lowest BCUT2D eigenvalue weighted by atomic mass is 9.83. The molecule has 0 bridgehead atoms. The third-order valence-corrected chi connectivity index (χ3v) is 5.78.